The van der Waals surface area contributed by atoms with E-state index in [1.54, 1.807) is 6.33 Å². The van der Waals surface area contributed by atoms with E-state index in [0.717, 1.165) is 48.6 Å². The van der Waals surface area contributed by atoms with Gasteiger partial charge in [0.05, 0.1) is 5.39 Å². The molecule has 1 N–H and O–H groups in total. The second-order valence-electron chi connectivity index (χ2n) is 6.47. The fourth-order valence-corrected chi connectivity index (χ4v) is 3.36. The van der Waals surface area contributed by atoms with E-state index in [9.17, 15) is 0 Å². The summed E-state index contributed by atoms with van der Waals surface area (Å²) in [5.74, 6) is 0.927. The molecule has 0 bridgehead atoms. The Balaban J connectivity index is 1.77. The lowest BCUT2D eigenvalue weighted by Gasteiger charge is -2.23. The molecule has 1 aromatic carbocycles. The molecule has 0 atom stereocenters. The lowest BCUT2D eigenvalue weighted by atomic mass is 10.1. The molecule has 0 aliphatic carbocycles. The first-order valence-electron chi connectivity index (χ1n) is 8.46. The molecular formula is C19H22N4O. The smallest absolute Gasteiger partial charge is 0.150 e. The number of nitrogens with zero attached hydrogens (tertiary/aromatic N) is 3. The predicted octanol–water partition coefficient (Wildman–Crippen LogP) is 3.63. The molecule has 0 saturated carbocycles. The fourth-order valence-electron chi connectivity index (χ4n) is 3.36. The van der Waals surface area contributed by atoms with Crippen LogP contribution in [0.2, 0.25) is 0 Å². The lowest BCUT2D eigenvalue weighted by molar-refractivity contribution is 0.0904. The van der Waals surface area contributed by atoms with Crippen molar-refractivity contribution in [2.45, 2.75) is 32.7 Å². The number of hydrogen-bond acceptors (Lipinski definition) is 4. The van der Waals surface area contributed by atoms with Gasteiger partial charge in [0.2, 0.25) is 0 Å². The van der Waals surface area contributed by atoms with E-state index >= 15 is 0 Å². The van der Waals surface area contributed by atoms with Gasteiger partial charge in [0.15, 0.2) is 0 Å². The van der Waals surface area contributed by atoms with Crippen molar-refractivity contribution in [3.8, 4) is 5.69 Å². The van der Waals surface area contributed by atoms with Gasteiger partial charge in [-0.3, -0.25) is 0 Å². The number of rotatable bonds is 3. The molecule has 0 radical (unpaired) electrons. The van der Waals surface area contributed by atoms with Gasteiger partial charge in [-0.05, 0) is 49.9 Å². The van der Waals surface area contributed by atoms with Crippen LogP contribution < -0.4 is 5.32 Å². The predicted molar refractivity (Wildman–Crippen MR) is 95.8 cm³/mol. The molecular weight excluding hydrogens is 300 g/mol. The van der Waals surface area contributed by atoms with E-state index < -0.39 is 0 Å². The number of aromatic nitrogens is 3. The molecule has 124 valence electrons. The Morgan fingerprint density at radius 2 is 2.00 bits per heavy atom. The van der Waals surface area contributed by atoms with Crippen LogP contribution in [0.15, 0.2) is 36.8 Å². The van der Waals surface area contributed by atoms with Gasteiger partial charge in [0.25, 0.3) is 0 Å². The van der Waals surface area contributed by atoms with E-state index in [-0.39, 0.29) is 0 Å². The summed E-state index contributed by atoms with van der Waals surface area (Å²) in [4.78, 5) is 9.06. The van der Waals surface area contributed by atoms with Crippen molar-refractivity contribution in [2.75, 3.05) is 18.5 Å². The average molecular weight is 322 g/mol. The first-order chi connectivity index (χ1) is 11.7. The molecule has 3 aromatic rings. The molecule has 3 heterocycles. The molecule has 24 heavy (non-hydrogen) atoms. The van der Waals surface area contributed by atoms with Gasteiger partial charge in [-0.25, -0.2) is 9.97 Å². The number of nitrogens with one attached hydrogen (secondary N) is 1. The summed E-state index contributed by atoms with van der Waals surface area (Å²) in [5.41, 5.74) is 4.50. The van der Waals surface area contributed by atoms with Crippen LogP contribution in [0.1, 0.15) is 24.0 Å². The summed E-state index contributed by atoms with van der Waals surface area (Å²) in [7, 11) is 0. The molecule has 1 fully saturated rings. The minimum Gasteiger partial charge on any atom is -0.381 e. The highest BCUT2D eigenvalue weighted by Gasteiger charge is 2.18. The van der Waals surface area contributed by atoms with E-state index in [1.807, 2.05) is 0 Å². The van der Waals surface area contributed by atoms with Crippen LogP contribution >= 0.6 is 0 Å². The molecule has 2 aromatic heterocycles. The normalized spacial score (nSPS) is 15.8. The van der Waals surface area contributed by atoms with Gasteiger partial charge >= 0.3 is 0 Å². The summed E-state index contributed by atoms with van der Waals surface area (Å²) < 4.78 is 7.59. The zero-order valence-corrected chi connectivity index (χ0v) is 14.1. The highest BCUT2D eigenvalue weighted by atomic mass is 16.5. The molecule has 5 nitrogen and oxygen atoms in total. The van der Waals surface area contributed by atoms with Crippen LogP contribution in [0.3, 0.4) is 0 Å². The largest absolute Gasteiger partial charge is 0.381 e. The van der Waals surface area contributed by atoms with Crippen LogP contribution in [0, 0.1) is 13.8 Å². The second-order valence-corrected chi connectivity index (χ2v) is 6.47. The van der Waals surface area contributed by atoms with Gasteiger partial charge in [0, 0.05) is 31.1 Å². The van der Waals surface area contributed by atoms with Gasteiger partial charge < -0.3 is 14.6 Å². The Morgan fingerprint density at radius 3 is 2.79 bits per heavy atom. The van der Waals surface area contributed by atoms with Gasteiger partial charge in [-0.15, -0.1) is 0 Å². The van der Waals surface area contributed by atoms with E-state index in [1.165, 1.54) is 11.1 Å². The summed E-state index contributed by atoms with van der Waals surface area (Å²) in [5, 5.41) is 4.70. The van der Waals surface area contributed by atoms with E-state index in [4.69, 9.17) is 4.74 Å². The fraction of sp³-hybridized carbons (Fsp3) is 0.368. The topological polar surface area (TPSA) is 52.0 Å². The van der Waals surface area contributed by atoms with Gasteiger partial charge in [-0.2, -0.15) is 0 Å². The quantitative estimate of drug-likeness (QED) is 0.800. The number of aryl methyl sites for hydroxylation is 2. The zero-order chi connectivity index (χ0) is 16.5. The summed E-state index contributed by atoms with van der Waals surface area (Å²) in [6.07, 6.45) is 5.82. The summed E-state index contributed by atoms with van der Waals surface area (Å²) in [6.45, 7) is 5.85. The van der Waals surface area contributed by atoms with Crippen molar-refractivity contribution in [2.24, 2.45) is 0 Å². The Labute approximate surface area is 141 Å². The zero-order valence-electron chi connectivity index (χ0n) is 14.1. The maximum atomic E-state index is 5.44. The summed E-state index contributed by atoms with van der Waals surface area (Å²) in [6, 6.07) is 8.88. The van der Waals surface area contributed by atoms with Gasteiger partial charge in [-0.1, -0.05) is 12.1 Å². The Hall–Kier alpha value is -2.40. The highest BCUT2D eigenvalue weighted by Crippen LogP contribution is 2.29. The lowest BCUT2D eigenvalue weighted by Crippen LogP contribution is -2.28. The Morgan fingerprint density at radius 1 is 1.17 bits per heavy atom. The number of anilines is 1. The van der Waals surface area contributed by atoms with Crippen LogP contribution in [0.4, 0.5) is 5.82 Å². The standard InChI is InChI=1S/C19H22N4O/c1-13-4-3-5-16(10-13)23-11-14(2)17-18(20-12-21-19(17)23)22-15-6-8-24-9-7-15/h3-5,10-12,15H,6-9H2,1-2H3,(H,20,21,22). The van der Waals surface area contributed by atoms with Crippen molar-refractivity contribution in [3.05, 3.63) is 47.9 Å². The Kier molecular flexibility index (Phi) is 3.94. The van der Waals surface area contributed by atoms with Crippen LogP contribution in [0.25, 0.3) is 16.7 Å². The van der Waals surface area contributed by atoms with Crippen molar-refractivity contribution in [3.63, 3.8) is 0 Å². The average Bonchev–Trinajstić information content (AvgIpc) is 2.94. The maximum Gasteiger partial charge on any atom is 0.150 e. The Bertz CT molecular complexity index is 865. The highest BCUT2D eigenvalue weighted by molar-refractivity contribution is 5.91. The van der Waals surface area contributed by atoms with Crippen molar-refractivity contribution in [1.29, 1.82) is 0 Å². The third-order valence-corrected chi connectivity index (χ3v) is 4.61. The van der Waals surface area contributed by atoms with Gasteiger partial charge in [0.1, 0.15) is 17.8 Å². The maximum absolute atomic E-state index is 5.44. The SMILES string of the molecule is Cc1cccc(-n2cc(C)c3c(NC4CCOCC4)ncnc32)c1. The van der Waals surface area contributed by atoms with E-state index in [0.29, 0.717) is 6.04 Å². The molecule has 0 spiro atoms. The van der Waals surface area contributed by atoms with Crippen LogP contribution in [-0.2, 0) is 4.74 Å². The molecule has 4 rings (SSSR count). The molecule has 5 heteroatoms. The van der Waals surface area contributed by atoms with Crippen molar-refractivity contribution in [1.82, 2.24) is 14.5 Å². The minimum absolute atomic E-state index is 0.415. The number of benzene rings is 1. The molecule has 0 unspecified atom stereocenters. The van der Waals surface area contributed by atoms with Crippen LogP contribution in [0.5, 0.6) is 0 Å². The third-order valence-electron chi connectivity index (χ3n) is 4.61. The van der Waals surface area contributed by atoms with Crippen molar-refractivity contribution < 1.29 is 4.74 Å². The number of ether oxygens (including phenoxy) is 1. The molecule has 1 aliphatic rings. The van der Waals surface area contributed by atoms with Crippen LogP contribution in [-0.4, -0.2) is 33.8 Å². The molecule has 0 amide bonds. The van der Waals surface area contributed by atoms with E-state index in [2.05, 4.69) is 64.2 Å². The first-order valence-corrected chi connectivity index (χ1v) is 8.46. The first kappa shape index (κ1) is 15.1. The van der Waals surface area contributed by atoms with Crippen molar-refractivity contribution >= 4 is 16.9 Å². The number of hydrogen-bond donors (Lipinski definition) is 1. The second kappa shape index (κ2) is 6.24. The number of fused-ring (bicyclic) bond motifs is 1. The molecule has 1 aliphatic heterocycles. The summed E-state index contributed by atoms with van der Waals surface area (Å²) >= 11 is 0. The third kappa shape index (κ3) is 2.76. The monoisotopic (exact) mass is 322 g/mol. The molecule has 1 saturated heterocycles. The minimum atomic E-state index is 0.415.